The fourth-order valence-corrected chi connectivity index (χ4v) is 2.21. The number of rotatable bonds is 4. The Bertz CT molecular complexity index is 501. The summed E-state index contributed by atoms with van der Waals surface area (Å²) in [5.74, 6) is 0.872. The van der Waals surface area contributed by atoms with Crippen LogP contribution in [0.2, 0.25) is 0 Å². The summed E-state index contributed by atoms with van der Waals surface area (Å²) in [4.78, 5) is 0. The molecule has 1 aliphatic rings. The topological polar surface area (TPSA) is 27.7 Å². The lowest BCUT2D eigenvalue weighted by Gasteiger charge is -2.32. The summed E-state index contributed by atoms with van der Waals surface area (Å²) in [5.41, 5.74) is 0.650. The number of ether oxygens (including phenoxy) is 1. The normalized spacial score (nSPS) is 20.2. The van der Waals surface area contributed by atoms with Crippen LogP contribution in [0.25, 0.3) is 0 Å². The van der Waals surface area contributed by atoms with Gasteiger partial charge in [0.25, 0.3) is 0 Å². The quantitative estimate of drug-likeness (QED) is 0.792. The van der Waals surface area contributed by atoms with Crippen LogP contribution in [0.1, 0.15) is 54.9 Å². The molecule has 4 heteroatoms. The van der Waals surface area contributed by atoms with Crippen LogP contribution in [0.3, 0.4) is 0 Å². The lowest BCUT2D eigenvalue weighted by atomic mass is 9.79. The van der Waals surface area contributed by atoms with E-state index in [0.717, 1.165) is 24.2 Å². The summed E-state index contributed by atoms with van der Waals surface area (Å²) in [6.07, 6.45) is 1.02. The van der Waals surface area contributed by atoms with Gasteiger partial charge in [0, 0.05) is 0 Å². The lowest BCUT2D eigenvalue weighted by molar-refractivity contribution is 0.00578. The Labute approximate surface area is 135 Å². The molecule has 1 aromatic carbocycles. The van der Waals surface area contributed by atoms with Gasteiger partial charge in [-0.1, -0.05) is 32.9 Å². The summed E-state index contributed by atoms with van der Waals surface area (Å²) in [6.45, 7) is 15.6. The molecule has 0 unspecified atom stereocenters. The van der Waals surface area contributed by atoms with Crippen LogP contribution in [0.15, 0.2) is 24.3 Å². The second-order valence-electron chi connectivity index (χ2n) is 8.32. The van der Waals surface area contributed by atoms with Crippen molar-refractivity contribution < 1.29 is 14.0 Å². The average Bonchev–Trinajstić information content (AvgIpc) is 2.57. The predicted octanol–water partition coefficient (Wildman–Crippen LogP) is 3.80. The van der Waals surface area contributed by atoms with Crippen molar-refractivity contribution in [3.63, 3.8) is 0 Å². The molecule has 22 heavy (non-hydrogen) atoms. The molecular formula is C18H29BO3. The first kappa shape index (κ1) is 17.4. The molecule has 0 saturated carbocycles. The van der Waals surface area contributed by atoms with E-state index in [9.17, 15) is 0 Å². The van der Waals surface area contributed by atoms with E-state index in [4.69, 9.17) is 14.0 Å². The predicted molar refractivity (Wildman–Crippen MR) is 91.7 cm³/mol. The van der Waals surface area contributed by atoms with E-state index in [2.05, 4.69) is 48.5 Å². The molecule has 2 rings (SSSR count). The molecule has 0 aliphatic carbocycles. The molecule has 0 N–H and O–H groups in total. The molecule has 1 aliphatic heterocycles. The monoisotopic (exact) mass is 304 g/mol. The zero-order chi connectivity index (χ0) is 16.6. The number of hydrogen-bond donors (Lipinski definition) is 0. The van der Waals surface area contributed by atoms with Crippen LogP contribution in [0.5, 0.6) is 5.75 Å². The van der Waals surface area contributed by atoms with E-state index in [1.165, 1.54) is 0 Å². The first-order valence-electron chi connectivity index (χ1n) is 8.09. The van der Waals surface area contributed by atoms with Gasteiger partial charge in [-0.3, -0.25) is 0 Å². The van der Waals surface area contributed by atoms with Crippen molar-refractivity contribution in [1.82, 2.24) is 0 Å². The summed E-state index contributed by atoms with van der Waals surface area (Å²) in [7, 11) is -0.337. The van der Waals surface area contributed by atoms with Crippen LogP contribution in [-0.2, 0) is 9.31 Å². The number of hydrogen-bond acceptors (Lipinski definition) is 3. The maximum atomic E-state index is 6.09. The molecule has 0 spiro atoms. The van der Waals surface area contributed by atoms with Crippen LogP contribution < -0.4 is 10.2 Å². The minimum atomic E-state index is -0.337. The molecule has 1 heterocycles. The summed E-state index contributed by atoms with van der Waals surface area (Å²) in [5, 5.41) is 0. The maximum Gasteiger partial charge on any atom is 0.494 e. The van der Waals surface area contributed by atoms with Gasteiger partial charge in [-0.15, -0.1) is 0 Å². The van der Waals surface area contributed by atoms with Gasteiger partial charge in [-0.05, 0) is 57.1 Å². The van der Waals surface area contributed by atoms with Crippen LogP contribution in [0, 0.1) is 5.41 Å². The van der Waals surface area contributed by atoms with Crippen molar-refractivity contribution >= 4 is 12.6 Å². The van der Waals surface area contributed by atoms with E-state index in [1.54, 1.807) is 0 Å². The van der Waals surface area contributed by atoms with Crippen molar-refractivity contribution in [3.05, 3.63) is 24.3 Å². The Hall–Kier alpha value is -0.995. The highest BCUT2D eigenvalue weighted by molar-refractivity contribution is 6.62. The van der Waals surface area contributed by atoms with Gasteiger partial charge in [0.1, 0.15) is 5.75 Å². The summed E-state index contributed by atoms with van der Waals surface area (Å²) < 4.78 is 18.0. The molecular weight excluding hydrogens is 275 g/mol. The highest BCUT2D eigenvalue weighted by atomic mass is 16.7. The van der Waals surface area contributed by atoms with Gasteiger partial charge in [-0.25, -0.2) is 0 Å². The largest absolute Gasteiger partial charge is 0.494 e. The number of benzene rings is 1. The van der Waals surface area contributed by atoms with E-state index < -0.39 is 0 Å². The zero-order valence-corrected chi connectivity index (χ0v) is 15.0. The van der Waals surface area contributed by atoms with E-state index in [1.807, 2.05) is 24.3 Å². The zero-order valence-electron chi connectivity index (χ0n) is 15.0. The molecule has 0 radical (unpaired) electrons. The third kappa shape index (κ3) is 4.05. The molecule has 1 aromatic rings. The van der Waals surface area contributed by atoms with Crippen LogP contribution >= 0.6 is 0 Å². The van der Waals surface area contributed by atoms with Crippen molar-refractivity contribution in [1.29, 1.82) is 0 Å². The van der Waals surface area contributed by atoms with Gasteiger partial charge in [0.15, 0.2) is 0 Å². The minimum Gasteiger partial charge on any atom is -0.494 e. The molecule has 0 amide bonds. The van der Waals surface area contributed by atoms with Crippen LogP contribution in [0.4, 0.5) is 0 Å². The van der Waals surface area contributed by atoms with Gasteiger partial charge in [0.2, 0.25) is 0 Å². The van der Waals surface area contributed by atoms with Gasteiger partial charge < -0.3 is 14.0 Å². The minimum absolute atomic E-state index is 0.281. The molecule has 0 atom stereocenters. The van der Waals surface area contributed by atoms with E-state index >= 15 is 0 Å². The van der Waals surface area contributed by atoms with Crippen molar-refractivity contribution in [2.75, 3.05) is 6.61 Å². The Kier molecular flexibility index (Phi) is 4.65. The third-order valence-electron chi connectivity index (χ3n) is 4.50. The highest BCUT2D eigenvalue weighted by Crippen LogP contribution is 2.36. The van der Waals surface area contributed by atoms with Gasteiger partial charge >= 0.3 is 7.12 Å². The second kappa shape index (κ2) is 5.90. The first-order valence-corrected chi connectivity index (χ1v) is 8.09. The van der Waals surface area contributed by atoms with Crippen molar-refractivity contribution in [3.8, 4) is 5.75 Å². The van der Waals surface area contributed by atoms with E-state index in [0.29, 0.717) is 0 Å². The lowest BCUT2D eigenvalue weighted by Crippen LogP contribution is -2.41. The Morgan fingerprint density at radius 1 is 1.05 bits per heavy atom. The second-order valence-corrected chi connectivity index (χ2v) is 8.32. The summed E-state index contributed by atoms with van der Waals surface area (Å²) in [6, 6.07) is 8.02. The van der Waals surface area contributed by atoms with Gasteiger partial charge in [0.05, 0.1) is 17.8 Å². The fraction of sp³-hybridized carbons (Fsp3) is 0.667. The first-order chi connectivity index (χ1) is 10.0. The van der Waals surface area contributed by atoms with E-state index in [-0.39, 0.29) is 23.7 Å². The molecule has 3 nitrogen and oxygen atoms in total. The molecule has 0 aromatic heterocycles. The smallest absolute Gasteiger partial charge is 0.494 e. The van der Waals surface area contributed by atoms with Crippen LogP contribution in [-0.4, -0.2) is 24.9 Å². The fourth-order valence-electron chi connectivity index (χ4n) is 2.21. The van der Waals surface area contributed by atoms with Crippen molar-refractivity contribution in [2.24, 2.45) is 5.41 Å². The third-order valence-corrected chi connectivity index (χ3v) is 4.50. The molecule has 122 valence electrons. The molecule has 0 bridgehead atoms. The SMILES string of the molecule is CC(C)(C)CCOc1cccc(B2OC(C)(C)C(C)(C)O2)c1. The van der Waals surface area contributed by atoms with Gasteiger partial charge in [-0.2, -0.15) is 0 Å². The Balaban J connectivity index is 2.04. The molecule has 1 saturated heterocycles. The Morgan fingerprint density at radius 3 is 2.18 bits per heavy atom. The average molecular weight is 304 g/mol. The molecule has 1 fully saturated rings. The standard InChI is InChI=1S/C18H29BO3/c1-16(2,3)11-12-20-15-10-8-9-14(13-15)19-21-17(4,5)18(6,7)22-19/h8-10,13H,11-12H2,1-7H3. The summed E-state index contributed by atoms with van der Waals surface area (Å²) >= 11 is 0. The maximum absolute atomic E-state index is 6.09. The van der Waals surface area contributed by atoms with Crippen molar-refractivity contribution in [2.45, 2.75) is 66.1 Å². The highest BCUT2D eigenvalue weighted by Gasteiger charge is 2.51. The Morgan fingerprint density at radius 2 is 1.64 bits per heavy atom.